The van der Waals surface area contributed by atoms with Gasteiger partial charge in [0.25, 0.3) is 0 Å². The monoisotopic (exact) mass is 602 g/mol. The first-order chi connectivity index (χ1) is 19.8. The Kier molecular flexibility index (Phi) is 7.10. The van der Waals surface area contributed by atoms with Crippen molar-refractivity contribution < 1.29 is 26.2 Å². The van der Waals surface area contributed by atoms with Crippen molar-refractivity contribution in [1.29, 1.82) is 0 Å². The largest absolute Gasteiger partial charge is 2.00 e. The van der Waals surface area contributed by atoms with Gasteiger partial charge in [-0.05, 0) is 47.9 Å². The summed E-state index contributed by atoms with van der Waals surface area (Å²) in [6.45, 7) is 0. The fraction of sp³-hybridized carbons (Fsp3) is 0.150. The van der Waals surface area contributed by atoms with Gasteiger partial charge in [0, 0.05) is 11.8 Å². The summed E-state index contributed by atoms with van der Waals surface area (Å²) in [5.41, 5.74) is 11.9. The van der Waals surface area contributed by atoms with Crippen molar-refractivity contribution in [3.63, 3.8) is 0 Å². The van der Waals surface area contributed by atoms with Gasteiger partial charge in [-0.25, -0.2) is 0 Å². The number of allylic oxidation sites excluding steroid dienone is 2. The number of aryl methyl sites for hydroxylation is 2. The summed E-state index contributed by atoms with van der Waals surface area (Å²) < 4.78 is 0. The molecule has 0 saturated carbocycles. The third-order valence-electron chi connectivity index (χ3n) is 9.24. The normalized spacial score (nSPS) is 17.3. The van der Waals surface area contributed by atoms with Crippen LogP contribution in [0.1, 0.15) is 58.1 Å². The standard InChI is InChI=1S/C40H32.Zr/c1-2-10-30-22-27(21-29(30)9-1)17-19-35-25-33-13-5-7-15-37(33)39(35)40-36(26-34-14-6-8-16-38(34)40)20-18-28-23-31-11-3-4-12-32(31)24-28;/h1-16,21-26,39-40H,17-20H2;/q-2;+2. The molecule has 0 bridgehead atoms. The maximum absolute atomic E-state index is 2.51. The van der Waals surface area contributed by atoms with Crippen LogP contribution in [0, 0.1) is 0 Å². The van der Waals surface area contributed by atoms with E-state index in [-0.39, 0.29) is 26.2 Å². The van der Waals surface area contributed by atoms with E-state index in [4.69, 9.17) is 0 Å². The molecule has 0 heterocycles. The summed E-state index contributed by atoms with van der Waals surface area (Å²) >= 11 is 0. The predicted molar refractivity (Wildman–Crippen MR) is 170 cm³/mol. The molecule has 8 rings (SSSR count). The summed E-state index contributed by atoms with van der Waals surface area (Å²) in [7, 11) is 0. The minimum absolute atomic E-state index is 0. The third kappa shape index (κ3) is 4.85. The van der Waals surface area contributed by atoms with E-state index in [1.807, 2.05) is 0 Å². The molecule has 6 aromatic rings. The van der Waals surface area contributed by atoms with Gasteiger partial charge in [0.05, 0.1) is 0 Å². The van der Waals surface area contributed by atoms with Crippen LogP contribution in [0.25, 0.3) is 33.7 Å². The summed E-state index contributed by atoms with van der Waals surface area (Å²) in [6.07, 6.45) is 9.36. The molecule has 0 fully saturated rings. The molecule has 0 radical (unpaired) electrons. The number of hydrogen-bond acceptors (Lipinski definition) is 0. The molecule has 0 nitrogen and oxygen atoms in total. The van der Waals surface area contributed by atoms with Crippen LogP contribution in [-0.2, 0) is 39.0 Å². The Bertz CT molecular complexity index is 1720. The van der Waals surface area contributed by atoms with Crippen LogP contribution in [0.5, 0.6) is 0 Å². The SMILES string of the molecule is C1=C(CCc2cc3ccccc3[cH-]2)C(C2C(CCc3cc4ccccc4[cH-]3)=Cc3ccccc32)c2ccccc21.[Zr+2]. The van der Waals surface area contributed by atoms with Gasteiger partial charge in [0.1, 0.15) is 0 Å². The van der Waals surface area contributed by atoms with E-state index in [0.717, 1.165) is 25.7 Å². The van der Waals surface area contributed by atoms with Gasteiger partial charge in [0.15, 0.2) is 0 Å². The fourth-order valence-electron chi connectivity index (χ4n) is 7.37. The molecule has 0 aliphatic heterocycles. The van der Waals surface area contributed by atoms with Gasteiger partial charge >= 0.3 is 26.2 Å². The first-order valence-electron chi connectivity index (χ1n) is 14.7. The van der Waals surface area contributed by atoms with Gasteiger partial charge in [-0.15, -0.1) is 81.2 Å². The third-order valence-corrected chi connectivity index (χ3v) is 9.24. The minimum atomic E-state index is 0. The Morgan fingerprint density at radius 2 is 0.878 bits per heavy atom. The molecule has 2 aliphatic rings. The summed E-state index contributed by atoms with van der Waals surface area (Å²) in [6, 6.07) is 45.2. The van der Waals surface area contributed by atoms with Crippen LogP contribution in [-0.4, -0.2) is 0 Å². The van der Waals surface area contributed by atoms with E-state index in [9.17, 15) is 0 Å². The molecule has 6 aromatic carbocycles. The van der Waals surface area contributed by atoms with Gasteiger partial charge in [-0.3, -0.25) is 0 Å². The van der Waals surface area contributed by atoms with Crippen LogP contribution >= 0.6 is 0 Å². The molecule has 2 unspecified atom stereocenters. The quantitative estimate of drug-likeness (QED) is 0.159. The Morgan fingerprint density at radius 3 is 1.34 bits per heavy atom. The minimum Gasteiger partial charge on any atom is -0.165 e. The fourth-order valence-corrected chi connectivity index (χ4v) is 7.37. The maximum atomic E-state index is 2.51. The summed E-state index contributed by atoms with van der Waals surface area (Å²) in [4.78, 5) is 0. The van der Waals surface area contributed by atoms with Gasteiger partial charge in [-0.2, -0.15) is 12.1 Å². The molecule has 2 aliphatic carbocycles. The number of hydrogen-bond donors (Lipinski definition) is 0. The topological polar surface area (TPSA) is 0 Å². The predicted octanol–water partition coefficient (Wildman–Crippen LogP) is 10.4. The molecular weight excluding hydrogens is 572 g/mol. The van der Waals surface area contributed by atoms with Crippen molar-refractivity contribution in [3.8, 4) is 0 Å². The van der Waals surface area contributed by atoms with Crippen molar-refractivity contribution in [2.75, 3.05) is 0 Å². The average Bonchev–Trinajstić information content (AvgIpc) is 3.76. The molecule has 0 N–H and O–H groups in total. The maximum Gasteiger partial charge on any atom is 2.00 e. The molecule has 41 heavy (non-hydrogen) atoms. The van der Waals surface area contributed by atoms with E-state index >= 15 is 0 Å². The molecule has 1 heteroatoms. The molecular formula is C40H32Zr. The van der Waals surface area contributed by atoms with Gasteiger partial charge < -0.3 is 0 Å². The second kappa shape index (κ2) is 11.0. The second-order valence-corrected chi connectivity index (χ2v) is 11.6. The zero-order valence-corrected chi connectivity index (χ0v) is 25.6. The van der Waals surface area contributed by atoms with Crippen LogP contribution in [0.2, 0.25) is 0 Å². The smallest absolute Gasteiger partial charge is 0.165 e. The molecule has 0 saturated heterocycles. The van der Waals surface area contributed by atoms with E-state index < -0.39 is 0 Å². The Morgan fingerprint density at radius 1 is 0.463 bits per heavy atom. The first kappa shape index (κ1) is 26.4. The van der Waals surface area contributed by atoms with Crippen LogP contribution < -0.4 is 0 Å². The van der Waals surface area contributed by atoms with E-state index in [1.54, 1.807) is 11.1 Å². The van der Waals surface area contributed by atoms with Crippen LogP contribution in [0.4, 0.5) is 0 Å². The van der Waals surface area contributed by atoms with Crippen molar-refractivity contribution in [2.45, 2.75) is 37.5 Å². The zero-order valence-electron chi connectivity index (χ0n) is 23.2. The van der Waals surface area contributed by atoms with Crippen molar-refractivity contribution >= 4 is 33.7 Å². The van der Waals surface area contributed by atoms with Gasteiger partial charge in [0.2, 0.25) is 0 Å². The zero-order chi connectivity index (χ0) is 26.5. The second-order valence-electron chi connectivity index (χ2n) is 11.6. The Labute approximate surface area is 261 Å². The van der Waals surface area contributed by atoms with Crippen molar-refractivity contribution in [3.05, 3.63) is 166 Å². The molecule has 196 valence electrons. The van der Waals surface area contributed by atoms with Crippen LogP contribution in [0.3, 0.4) is 0 Å². The summed E-state index contributed by atoms with van der Waals surface area (Å²) in [5.74, 6) is 0.795. The summed E-state index contributed by atoms with van der Waals surface area (Å²) in [5, 5.41) is 5.42. The van der Waals surface area contributed by atoms with E-state index in [2.05, 4.69) is 133 Å². The number of benzene rings is 4. The molecule has 2 atom stereocenters. The molecule has 0 amide bonds. The molecule has 0 aromatic heterocycles. The van der Waals surface area contributed by atoms with Gasteiger partial charge in [-0.1, -0.05) is 84.0 Å². The van der Waals surface area contributed by atoms with Crippen molar-refractivity contribution in [1.82, 2.24) is 0 Å². The van der Waals surface area contributed by atoms with Crippen LogP contribution in [0.15, 0.2) is 132 Å². The number of fused-ring (bicyclic) bond motifs is 4. The van der Waals surface area contributed by atoms with Crippen molar-refractivity contribution in [2.24, 2.45) is 0 Å². The van der Waals surface area contributed by atoms with E-state index in [0.29, 0.717) is 11.8 Å². The first-order valence-corrected chi connectivity index (χ1v) is 14.7. The van der Waals surface area contributed by atoms with E-state index in [1.165, 1.54) is 54.9 Å². The number of rotatable bonds is 7. The Balaban J connectivity index is 0.00000276. The average molecular weight is 604 g/mol. The molecule has 0 spiro atoms. The Hall–Kier alpha value is -3.54.